The molecule has 7 nitrogen and oxygen atoms in total. The monoisotopic (exact) mass is 453 g/mol. The molecular weight excluding hydrogens is 426 g/mol. The molecule has 4 aromatic rings. The predicted octanol–water partition coefficient (Wildman–Crippen LogP) is 4.88. The van der Waals surface area contributed by atoms with E-state index in [-0.39, 0.29) is 24.0 Å². The minimum Gasteiger partial charge on any atom is -0.471 e. The first-order chi connectivity index (χ1) is 16.6. The fraction of sp³-hybridized carbons (Fsp3) is 0.222. The Kier molecular flexibility index (Phi) is 6.10. The maximum Gasteiger partial charge on any atom is 0.247 e. The highest BCUT2D eigenvalue weighted by atomic mass is 16.5. The molecule has 1 fully saturated rings. The van der Waals surface area contributed by atoms with E-state index >= 15 is 0 Å². The molecule has 7 heteroatoms. The lowest BCUT2D eigenvalue weighted by Gasteiger charge is -2.17. The average molecular weight is 454 g/mol. The Bertz CT molecular complexity index is 1300. The molecule has 0 spiro atoms. The lowest BCUT2D eigenvalue weighted by Crippen LogP contribution is -2.16. The highest BCUT2D eigenvalue weighted by Gasteiger charge is 2.38. The van der Waals surface area contributed by atoms with Crippen molar-refractivity contribution >= 4 is 17.1 Å². The number of nitrogens with two attached hydrogens (primary N) is 1. The smallest absolute Gasteiger partial charge is 0.247 e. The fourth-order valence-corrected chi connectivity index (χ4v) is 4.48. The first-order valence-electron chi connectivity index (χ1n) is 11.3. The molecule has 2 N–H and O–H groups in total. The molecule has 1 saturated carbocycles. The maximum absolute atomic E-state index is 6.29. The molecular formula is C27H27N5O2. The third-order valence-corrected chi connectivity index (χ3v) is 6.23. The molecule has 5 rings (SSSR count). The van der Waals surface area contributed by atoms with Gasteiger partial charge in [0, 0.05) is 5.92 Å². The number of benzene rings is 2. The van der Waals surface area contributed by atoms with E-state index in [0.29, 0.717) is 30.3 Å². The van der Waals surface area contributed by atoms with Gasteiger partial charge in [-0.25, -0.2) is 4.98 Å². The second-order valence-electron chi connectivity index (χ2n) is 8.41. The number of ether oxygens (including phenoxy) is 2. The molecule has 0 saturated heterocycles. The number of imidazole rings is 1. The van der Waals surface area contributed by atoms with E-state index in [1.165, 1.54) is 0 Å². The molecule has 1 aliphatic rings. The first kappa shape index (κ1) is 21.9. The van der Waals surface area contributed by atoms with E-state index < -0.39 is 0 Å². The second kappa shape index (κ2) is 9.49. The Labute approximate surface area is 198 Å². The summed E-state index contributed by atoms with van der Waals surface area (Å²) in [6.45, 7) is 9.30. The van der Waals surface area contributed by atoms with Crippen molar-refractivity contribution in [2.75, 3.05) is 5.73 Å². The molecule has 2 heterocycles. The Morgan fingerprint density at radius 1 is 1.00 bits per heavy atom. The standard InChI is InChI=1S/C27H27N5O2/c1-3-21-18(2)22(14-23(21)33-15-19-10-6-4-7-11-19)32-17-29-24-25(32)30-27(28)31-26(24)34-16-20-12-8-5-9-13-20/h3-13,17,21-23H,1-2,14-16H2,(H2,28,30,31). The van der Waals surface area contributed by atoms with E-state index in [2.05, 4.69) is 40.2 Å². The molecule has 3 atom stereocenters. The Morgan fingerprint density at radius 3 is 2.35 bits per heavy atom. The van der Waals surface area contributed by atoms with Gasteiger partial charge in [-0.05, 0) is 23.1 Å². The van der Waals surface area contributed by atoms with Gasteiger partial charge in [-0.1, -0.05) is 73.3 Å². The van der Waals surface area contributed by atoms with Crippen LogP contribution in [0, 0.1) is 5.92 Å². The number of fused-ring (bicyclic) bond motifs is 1. The summed E-state index contributed by atoms with van der Waals surface area (Å²) in [5.41, 5.74) is 10.4. The van der Waals surface area contributed by atoms with Crippen LogP contribution in [0.3, 0.4) is 0 Å². The fourth-order valence-electron chi connectivity index (χ4n) is 4.48. The normalized spacial score (nSPS) is 20.0. The van der Waals surface area contributed by atoms with Crippen LogP contribution in [-0.2, 0) is 18.0 Å². The largest absolute Gasteiger partial charge is 0.471 e. The maximum atomic E-state index is 6.29. The molecule has 34 heavy (non-hydrogen) atoms. The van der Waals surface area contributed by atoms with Crippen LogP contribution in [0.4, 0.5) is 5.95 Å². The number of rotatable bonds is 8. The van der Waals surface area contributed by atoms with Crippen molar-refractivity contribution < 1.29 is 9.47 Å². The van der Waals surface area contributed by atoms with Crippen molar-refractivity contribution in [3.8, 4) is 5.88 Å². The van der Waals surface area contributed by atoms with Gasteiger partial charge in [0.15, 0.2) is 11.2 Å². The molecule has 0 radical (unpaired) electrons. The summed E-state index contributed by atoms with van der Waals surface area (Å²) >= 11 is 0. The van der Waals surface area contributed by atoms with Gasteiger partial charge in [-0.3, -0.25) is 0 Å². The van der Waals surface area contributed by atoms with Crippen molar-refractivity contribution in [2.45, 2.75) is 31.8 Å². The van der Waals surface area contributed by atoms with Crippen molar-refractivity contribution in [3.05, 3.63) is 103 Å². The van der Waals surface area contributed by atoms with Gasteiger partial charge < -0.3 is 19.8 Å². The van der Waals surface area contributed by atoms with Gasteiger partial charge in [-0.15, -0.1) is 6.58 Å². The molecule has 0 amide bonds. The zero-order valence-corrected chi connectivity index (χ0v) is 18.9. The minimum absolute atomic E-state index is 0.0270. The number of hydrogen-bond acceptors (Lipinski definition) is 6. The van der Waals surface area contributed by atoms with Crippen LogP contribution in [0.25, 0.3) is 11.2 Å². The van der Waals surface area contributed by atoms with E-state index in [1.807, 2.05) is 59.2 Å². The number of anilines is 1. The first-order valence-corrected chi connectivity index (χ1v) is 11.3. The van der Waals surface area contributed by atoms with Crippen LogP contribution in [0.5, 0.6) is 5.88 Å². The van der Waals surface area contributed by atoms with E-state index in [4.69, 9.17) is 15.2 Å². The summed E-state index contributed by atoms with van der Waals surface area (Å²) in [6, 6.07) is 20.0. The van der Waals surface area contributed by atoms with Crippen molar-refractivity contribution in [3.63, 3.8) is 0 Å². The highest BCUT2D eigenvalue weighted by molar-refractivity contribution is 5.78. The molecule has 172 valence electrons. The van der Waals surface area contributed by atoms with Gasteiger partial charge in [0.25, 0.3) is 0 Å². The third-order valence-electron chi connectivity index (χ3n) is 6.23. The summed E-state index contributed by atoms with van der Waals surface area (Å²) in [5.74, 6) is 0.531. The van der Waals surface area contributed by atoms with Crippen molar-refractivity contribution in [1.82, 2.24) is 19.5 Å². The number of hydrogen-bond donors (Lipinski definition) is 1. The third kappa shape index (κ3) is 4.30. The van der Waals surface area contributed by atoms with Crippen molar-refractivity contribution in [1.29, 1.82) is 0 Å². The van der Waals surface area contributed by atoms with Crippen molar-refractivity contribution in [2.24, 2.45) is 5.92 Å². The zero-order chi connectivity index (χ0) is 23.5. The summed E-state index contributed by atoms with van der Waals surface area (Å²) in [7, 11) is 0. The average Bonchev–Trinajstić information content (AvgIpc) is 3.42. The number of nitrogens with zero attached hydrogens (tertiary/aromatic N) is 4. The zero-order valence-electron chi connectivity index (χ0n) is 18.9. The lowest BCUT2D eigenvalue weighted by molar-refractivity contribution is 0.0286. The van der Waals surface area contributed by atoms with Crippen LogP contribution in [0.2, 0.25) is 0 Å². The van der Waals surface area contributed by atoms with E-state index in [0.717, 1.165) is 23.1 Å². The van der Waals surface area contributed by atoms with Gasteiger partial charge in [0.05, 0.1) is 25.1 Å². The summed E-state index contributed by atoms with van der Waals surface area (Å²) in [6.07, 6.45) is 4.36. The number of aromatic nitrogens is 4. The molecule has 2 aromatic carbocycles. The molecule has 0 aliphatic heterocycles. The van der Waals surface area contributed by atoms with E-state index in [9.17, 15) is 0 Å². The van der Waals surface area contributed by atoms with Crippen LogP contribution < -0.4 is 10.5 Å². The summed E-state index contributed by atoms with van der Waals surface area (Å²) in [5, 5.41) is 0. The van der Waals surface area contributed by atoms with Gasteiger partial charge >= 0.3 is 0 Å². The Hall–Kier alpha value is -3.97. The Morgan fingerprint density at radius 2 is 1.68 bits per heavy atom. The van der Waals surface area contributed by atoms with E-state index in [1.54, 1.807) is 6.33 Å². The number of nitrogen functional groups attached to an aromatic ring is 1. The summed E-state index contributed by atoms with van der Waals surface area (Å²) in [4.78, 5) is 13.3. The topological polar surface area (TPSA) is 88.1 Å². The molecule has 0 bridgehead atoms. The molecule has 3 unspecified atom stereocenters. The lowest BCUT2D eigenvalue weighted by atomic mass is 10.0. The van der Waals surface area contributed by atoms with Crippen LogP contribution in [0.15, 0.2) is 91.8 Å². The van der Waals surface area contributed by atoms with Gasteiger partial charge in [0.1, 0.15) is 6.61 Å². The molecule has 1 aliphatic carbocycles. The predicted molar refractivity (Wildman–Crippen MR) is 132 cm³/mol. The Balaban J connectivity index is 1.39. The second-order valence-corrected chi connectivity index (χ2v) is 8.41. The molecule has 2 aromatic heterocycles. The van der Waals surface area contributed by atoms with Gasteiger partial charge in [-0.2, -0.15) is 9.97 Å². The SMILES string of the molecule is C=CC1C(=C)C(n2cnc3c(OCc4ccccc4)nc(N)nc32)CC1OCc1ccccc1. The van der Waals surface area contributed by atoms with Gasteiger partial charge in [0.2, 0.25) is 11.8 Å². The van der Waals surface area contributed by atoms with Crippen LogP contribution >= 0.6 is 0 Å². The van der Waals surface area contributed by atoms with Crippen LogP contribution in [-0.4, -0.2) is 25.6 Å². The minimum atomic E-state index is -0.0509. The van der Waals surface area contributed by atoms with Crippen LogP contribution in [0.1, 0.15) is 23.6 Å². The quantitative estimate of drug-likeness (QED) is 0.383. The summed E-state index contributed by atoms with van der Waals surface area (Å²) < 4.78 is 14.3. The highest BCUT2D eigenvalue weighted by Crippen LogP contribution is 2.43.